The summed E-state index contributed by atoms with van der Waals surface area (Å²) < 4.78 is 32.1. The molecule has 3 atom stereocenters. The van der Waals surface area contributed by atoms with Gasteiger partial charge in [0.1, 0.15) is 17.7 Å². The van der Waals surface area contributed by atoms with Crippen LogP contribution in [0.5, 0.6) is 0 Å². The van der Waals surface area contributed by atoms with Gasteiger partial charge in [0.15, 0.2) is 6.10 Å². The van der Waals surface area contributed by atoms with Crippen LogP contribution in [0.2, 0.25) is 0 Å². The Hall–Kier alpha value is -2.02. The summed E-state index contributed by atoms with van der Waals surface area (Å²) >= 11 is 0. The lowest BCUT2D eigenvalue weighted by atomic mass is 10.0. The second kappa shape index (κ2) is 7.50. The number of halogens is 2. The molecule has 5 nitrogen and oxygen atoms in total. The number of carboxylic acid groups (broad SMARTS) is 1. The molecule has 7 heteroatoms. The van der Waals surface area contributed by atoms with E-state index in [4.69, 9.17) is 9.84 Å². The molecule has 1 aromatic carbocycles. The number of rotatable bonds is 6. The molecule has 0 spiro atoms. The van der Waals surface area contributed by atoms with E-state index < -0.39 is 41.8 Å². The molecule has 2 rings (SSSR count). The highest BCUT2D eigenvalue weighted by Crippen LogP contribution is 2.25. The fourth-order valence-corrected chi connectivity index (χ4v) is 2.65. The van der Waals surface area contributed by atoms with Gasteiger partial charge in [0.05, 0.1) is 6.04 Å². The number of ether oxygens (including phenoxy) is 1. The van der Waals surface area contributed by atoms with Crippen molar-refractivity contribution in [1.82, 2.24) is 5.32 Å². The van der Waals surface area contributed by atoms with E-state index in [0.717, 1.165) is 12.1 Å². The Balaban J connectivity index is 2.07. The monoisotopic (exact) mass is 327 g/mol. The Bertz CT molecular complexity index is 593. The van der Waals surface area contributed by atoms with Gasteiger partial charge in [-0.2, -0.15) is 0 Å². The molecule has 1 amide bonds. The quantitative estimate of drug-likeness (QED) is 0.842. The van der Waals surface area contributed by atoms with Gasteiger partial charge in [-0.05, 0) is 25.3 Å². The Kier molecular flexibility index (Phi) is 5.65. The molecule has 0 radical (unpaired) electrons. The maximum absolute atomic E-state index is 13.9. The molecular formula is C16H19F2NO4. The van der Waals surface area contributed by atoms with E-state index in [1.165, 1.54) is 6.07 Å². The number of carbonyl (C=O) groups excluding carboxylic acids is 1. The van der Waals surface area contributed by atoms with Crippen molar-refractivity contribution in [3.05, 3.63) is 35.4 Å². The van der Waals surface area contributed by atoms with E-state index in [2.05, 4.69) is 5.32 Å². The van der Waals surface area contributed by atoms with Gasteiger partial charge in [-0.25, -0.2) is 13.6 Å². The third kappa shape index (κ3) is 4.25. The summed E-state index contributed by atoms with van der Waals surface area (Å²) in [5, 5.41) is 11.6. The Morgan fingerprint density at radius 1 is 1.35 bits per heavy atom. The zero-order valence-corrected chi connectivity index (χ0v) is 12.7. The SMILES string of the molecule is CCCC(NC(=O)[C@@H]1CC[C@H](C(=O)O)O1)c1ccc(F)cc1F. The maximum Gasteiger partial charge on any atom is 0.332 e. The largest absolute Gasteiger partial charge is 0.479 e. The number of nitrogens with one attached hydrogen (secondary N) is 1. The van der Waals surface area contributed by atoms with E-state index in [1.807, 2.05) is 6.92 Å². The van der Waals surface area contributed by atoms with Crippen molar-refractivity contribution in [1.29, 1.82) is 0 Å². The van der Waals surface area contributed by atoms with Crippen molar-refractivity contribution in [3.8, 4) is 0 Å². The molecule has 1 aromatic rings. The summed E-state index contributed by atoms with van der Waals surface area (Å²) in [6.45, 7) is 1.88. The summed E-state index contributed by atoms with van der Waals surface area (Å²) in [6.07, 6.45) is -0.129. The molecule has 2 N–H and O–H groups in total. The summed E-state index contributed by atoms with van der Waals surface area (Å²) in [5.74, 6) is -2.98. The van der Waals surface area contributed by atoms with Gasteiger partial charge in [-0.1, -0.05) is 19.4 Å². The van der Waals surface area contributed by atoms with Crippen molar-refractivity contribution < 1.29 is 28.2 Å². The first-order valence-electron chi connectivity index (χ1n) is 7.56. The van der Waals surface area contributed by atoms with Crippen LogP contribution in [0, 0.1) is 11.6 Å². The highest BCUT2D eigenvalue weighted by atomic mass is 19.1. The van der Waals surface area contributed by atoms with Crippen LogP contribution in [0.3, 0.4) is 0 Å². The van der Waals surface area contributed by atoms with E-state index >= 15 is 0 Å². The van der Waals surface area contributed by atoms with Crippen LogP contribution in [0.15, 0.2) is 18.2 Å². The summed E-state index contributed by atoms with van der Waals surface area (Å²) in [6, 6.07) is 2.61. The van der Waals surface area contributed by atoms with Crippen LogP contribution in [-0.2, 0) is 14.3 Å². The van der Waals surface area contributed by atoms with Gasteiger partial charge < -0.3 is 15.2 Å². The number of amides is 1. The molecular weight excluding hydrogens is 308 g/mol. The van der Waals surface area contributed by atoms with Crippen LogP contribution in [0.25, 0.3) is 0 Å². The zero-order valence-electron chi connectivity index (χ0n) is 12.7. The molecule has 0 aromatic heterocycles. The van der Waals surface area contributed by atoms with Crippen molar-refractivity contribution in [2.24, 2.45) is 0 Å². The third-order valence-corrected chi connectivity index (χ3v) is 3.82. The summed E-state index contributed by atoms with van der Waals surface area (Å²) in [5.41, 5.74) is 0.203. The van der Waals surface area contributed by atoms with Gasteiger partial charge in [0.2, 0.25) is 5.91 Å². The van der Waals surface area contributed by atoms with Crippen molar-refractivity contribution >= 4 is 11.9 Å². The molecule has 1 saturated heterocycles. The molecule has 126 valence electrons. The molecule has 1 aliphatic heterocycles. The van der Waals surface area contributed by atoms with E-state index in [0.29, 0.717) is 19.3 Å². The third-order valence-electron chi connectivity index (χ3n) is 3.82. The first kappa shape index (κ1) is 17.3. The Morgan fingerprint density at radius 3 is 2.61 bits per heavy atom. The second-order valence-corrected chi connectivity index (χ2v) is 5.54. The molecule has 1 aliphatic rings. The lowest BCUT2D eigenvalue weighted by Gasteiger charge is -2.21. The number of aliphatic carboxylic acids is 1. The fraction of sp³-hybridized carbons (Fsp3) is 0.500. The average molecular weight is 327 g/mol. The van der Waals surface area contributed by atoms with Crippen LogP contribution < -0.4 is 5.32 Å². The summed E-state index contributed by atoms with van der Waals surface area (Å²) in [4.78, 5) is 23.1. The Morgan fingerprint density at radius 2 is 2.04 bits per heavy atom. The van der Waals surface area contributed by atoms with Gasteiger partial charge >= 0.3 is 5.97 Å². The number of hydrogen-bond acceptors (Lipinski definition) is 3. The molecule has 23 heavy (non-hydrogen) atoms. The zero-order chi connectivity index (χ0) is 17.0. The smallest absolute Gasteiger partial charge is 0.332 e. The number of carboxylic acids is 1. The molecule has 0 bridgehead atoms. The molecule has 0 aliphatic carbocycles. The number of carbonyl (C=O) groups is 2. The van der Waals surface area contributed by atoms with E-state index in [9.17, 15) is 18.4 Å². The standard InChI is InChI=1S/C16H19F2NO4/c1-2-3-12(10-5-4-9(17)8-11(10)18)19-15(20)13-6-7-14(23-13)16(21)22/h4-5,8,12-14H,2-3,6-7H2,1H3,(H,19,20)(H,21,22)/t12?,13-,14+/m0/s1. The fourth-order valence-electron chi connectivity index (χ4n) is 2.65. The normalized spacial score (nSPS) is 21.9. The van der Waals surface area contributed by atoms with Crippen LogP contribution in [-0.4, -0.2) is 29.2 Å². The van der Waals surface area contributed by atoms with Crippen molar-refractivity contribution in [2.45, 2.75) is 50.9 Å². The highest BCUT2D eigenvalue weighted by molar-refractivity contribution is 5.83. The van der Waals surface area contributed by atoms with Gasteiger partial charge in [0.25, 0.3) is 0 Å². The van der Waals surface area contributed by atoms with Crippen LogP contribution >= 0.6 is 0 Å². The lowest BCUT2D eigenvalue weighted by Crippen LogP contribution is -2.38. The maximum atomic E-state index is 13.9. The predicted octanol–water partition coefficient (Wildman–Crippen LogP) is 2.55. The van der Waals surface area contributed by atoms with E-state index in [1.54, 1.807) is 0 Å². The van der Waals surface area contributed by atoms with Crippen LogP contribution in [0.1, 0.15) is 44.2 Å². The minimum absolute atomic E-state index is 0.203. The highest BCUT2D eigenvalue weighted by Gasteiger charge is 2.35. The van der Waals surface area contributed by atoms with Crippen LogP contribution in [0.4, 0.5) is 8.78 Å². The number of benzene rings is 1. The van der Waals surface area contributed by atoms with Crippen molar-refractivity contribution in [2.75, 3.05) is 0 Å². The van der Waals surface area contributed by atoms with Crippen molar-refractivity contribution in [3.63, 3.8) is 0 Å². The van der Waals surface area contributed by atoms with Gasteiger partial charge in [-0.15, -0.1) is 0 Å². The Labute approximate surface area is 132 Å². The second-order valence-electron chi connectivity index (χ2n) is 5.54. The molecule has 1 heterocycles. The lowest BCUT2D eigenvalue weighted by molar-refractivity contribution is -0.151. The summed E-state index contributed by atoms with van der Waals surface area (Å²) in [7, 11) is 0. The average Bonchev–Trinajstić information content (AvgIpc) is 2.97. The molecule has 0 saturated carbocycles. The van der Waals surface area contributed by atoms with Gasteiger partial charge in [-0.3, -0.25) is 4.79 Å². The van der Waals surface area contributed by atoms with E-state index in [-0.39, 0.29) is 12.0 Å². The molecule has 1 fully saturated rings. The molecule has 1 unspecified atom stereocenters. The first-order valence-corrected chi connectivity index (χ1v) is 7.56. The predicted molar refractivity (Wildman–Crippen MR) is 77.7 cm³/mol. The first-order chi connectivity index (χ1) is 10.9. The minimum Gasteiger partial charge on any atom is -0.479 e. The minimum atomic E-state index is -1.10. The number of hydrogen-bond donors (Lipinski definition) is 2. The van der Waals surface area contributed by atoms with Gasteiger partial charge in [0, 0.05) is 11.6 Å². The topological polar surface area (TPSA) is 75.6 Å².